The highest BCUT2D eigenvalue weighted by atomic mass is 35.5. The second-order valence-corrected chi connectivity index (χ2v) is 4.39. The summed E-state index contributed by atoms with van der Waals surface area (Å²) in [7, 11) is 0. The predicted octanol–water partition coefficient (Wildman–Crippen LogP) is 3.42. The monoisotopic (exact) mass is 241 g/mol. The van der Waals surface area contributed by atoms with Crippen LogP contribution < -0.4 is 5.32 Å². The largest absolute Gasteiger partial charge is 0.377 e. The highest BCUT2D eigenvalue weighted by Crippen LogP contribution is 2.17. The molecule has 16 heavy (non-hydrogen) atoms. The lowest BCUT2D eigenvalue weighted by Crippen LogP contribution is -2.29. The fourth-order valence-electron chi connectivity index (χ4n) is 1.58. The van der Waals surface area contributed by atoms with Crippen LogP contribution >= 0.6 is 11.6 Å². The highest BCUT2D eigenvalue weighted by Gasteiger charge is 2.07. The van der Waals surface area contributed by atoms with Crippen LogP contribution in [0.25, 0.3) is 0 Å². The molecule has 0 saturated carbocycles. The van der Waals surface area contributed by atoms with Gasteiger partial charge in [0.25, 0.3) is 0 Å². The summed E-state index contributed by atoms with van der Waals surface area (Å²) < 4.78 is 5.46. The molecule has 1 aromatic rings. The molecule has 0 spiro atoms. The van der Waals surface area contributed by atoms with Crippen molar-refractivity contribution in [2.45, 2.75) is 32.9 Å². The van der Waals surface area contributed by atoms with Crippen LogP contribution in [0.2, 0.25) is 5.02 Å². The van der Waals surface area contributed by atoms with Crippen molar-refractivity contribution in [3.05, 3.63) is 34.9 Å². The lowest BCUT2D eigenvalue weighted by atomic mass is 10.1. The van der Waals surface area contributed by atoms with Crippen molar-refractivity contribution in [1.82, 2.24) is 5.32 Å². The Balaban J connectivity index is 2.43. The van der Waals surface area contributed by atoms with E-state index in [1.165, 1.54) is 5.56 Å². The summed E-state index contributed by atoms with van der Waals surface area (Å²) in [4.78, 5) is 0. The Morgan fingerprint density at radius 2 is 2.12 bits per heavy atom. The first-order chi connectivity index (χ1) is 7.63. The molecule has 1 rings (SSSR count). The molecule has 1 aromatic carbocycles. The number of benzene rings is 1. The van der Waals surface area contributed by atoms with E-state index in [0.717, 1.165) is 18.2 Å². The third-order valence-corrected chi connectivity index (χ3v) is 2.75. The smallest absolute Gasteiger partial charge is 0.0671 e. The Labute approximate surface area is 103 Å². The predicted molar refractivity (Wildman–Crippen MR) is 69.0 cm³/mol. The standard InChI is InChI=1S/C13H20ClNO/c1-4-16-10(2)9-15-11(3)12-6-5-7-13(14)8-12/h5-8,10-11,15H,4,9H2,1-3H3. The number of hydrogen-bond acceptors (Lipinski definition) is 2. The number of rotatable bonds is 6. The summed E-state index contributed by atoms with van der Waals surface area (Å²) in [5, 5.41) is 4.21. The van der Waals surface area contributed by atoms with Crippen LogP contribution in [-0.2, 0) is 4.74 Å². The number of ether oxygens (including phenoxy) is 1. The average Bonchev–Trinajstić information content (AvgIpc) is 2.26. The van der Waals surface area contributed by atoms with Crippen LogP contribution in [0.4, 0.5) is 0 Å². The van der Waals surface area contributed by atoms with Crippen molar-refractivity contribution in [3.63, 3.8) is 0 Å². The maximum absolute atomic E-state index is 5.95. The minimum atomic E-state index is 0.242. The Kier molecular flexibility index (Phi) is 5.81. The van der Waals surface area contributed by atoms with Crippen LogP contribution in [0.15, 0.2) is 24.3 Å². The van der Waals surface area contributed by atoms with Gasteiger partial charge in [-0.05, 0) is 38.5 Å². The van der Waals surface area contributed by atoms with Crippen LogP contribution in [0.5, 0.6) is 0 Å². The lowest BCUT2D eigenvalue weighted by Gasteiger charge is -2.18. The number of halogens is 1. The van der Waals surface area contributed by atoms with E-state index in [1.807, 2.05) is 25.1 Å². The third kappa shape index (κ3) is 4.52. The van der Waals surface area contributed by atoms with E-state index in [-0.39, 0.29) is 6.10 Å². The first-order valence-corrected chi connectivity index (χ1v) is 6.11. The molecule has 90 valence electrons. The second-order valence-electron chi connectivity index (χ2n) is 3.95. The van der Waals surface area contributed by atoms with Gasteiger partial charge in [0, 0.05) is 24.2 Å². The fraction of sp³-hybridized carbons (Fsp3) is 0.538. The molecular formula is C13H20ClNO. The van der Waals surface area contributed by atoms with Crippen LogP contribution in [-0.4, -0.2) is 19.3 Å². The Bertz CT molecular complexity index is 317. The fourth-order valence-corrected chi connectivity index (χ4v) is 1.78. The molecule has 2 unspecified atom stereocenters. The molecular weight excluding hydrogens is 222 g/mol. The summed E-state index contributed by atoms with van der Waals surface area (Å²) in [6.07, 6.45) is 0.242. The average molecular weight is 242 g/mol. The van der Waals surface area contributed by atoms with Gasteiger partial charge in [0.1, 0.15) is 0 Å². The highest BCUT2D eigenvalue weighted by molar-refractivity contribution is 6.30. The molecule has 0 aliphatic carbocycles. The van der Waals surface area contributed by atoms with Crippen molar-refractivity contribution in [2.75, 3.05) is 13.2 Å². The van der Waals surface area contributed by atoms with Gasteiger partial charge in [-0.3, -0.25) is 0 Å². The topological polar surface area (TPSA) is 21.3 Å². The molecule has 0 aliphatic rings. The molecule has 2 atom stereocenters. The quantitative estimate of drug-likeness (QED) is 0.824. The molecule has 0 fully saturated rings. The first-order valence-electron chi connectivity index (χ1n) is 5.74. The Morgan fingerprint density at radius 3 is 2.75 bits per heavy atom. The molecule has 0 amide bonds. The van der Waals surface area contributed by atoms with E-state index >= 15 is 0 Å². The Morgan fingerprint density at radius 1 is 1.38 bits per heavy atom. The molecule has 0 aliphatic heterocycles. The van der Waals surface area contributed by atoms with E-state index in [4.69, 9.17) is 16.3 Å². The van der Waals surface area contributed by atoms with E-state index in [1.54, 1.807) is 0 Å². The molecule has 3 heteroatoms. The van der Waals surface area contributed by atoms with Crippen LogP contribution in [0.3, 0.4) is 0 Å². The summed E-state index contributed by atoms with van der Waals surface area (Å²) in [6.45, 7) is 7.82. The van der Waals surface area contributed by atoms with E-state index in [2.05, 4.69) is 25.2 Å². The molecule has 1 N–H and O–H groups in total. The van der Waals surface area contributed by atoms with Gasteiger partial charge in [-0.15, -0.1) is 0 Å². The second kappa shape index (κ2) is 6.89. The summed E-state index contributed by atoms with van der Waals surface area (Å²) in [6, 6.07) is 8.23. The van der Waals surface area contributed by atoms with Crippen molar-refractivity contribution in [2.24, 2.45) is 0 Å². The van der Waals surface area contributed by atoms with Crippen LogP contribution in [0, 0.1) is 0 Å². The number of nitrogens with one attached hydrogen (secondary N) is 1. The Hall–Kier alpha value is -0.570. The van der Waals surface area contributed by atoms with Crippen molar-refractivity contribution < 1.29 is 4.74 Å². The van der Waals surface area contributed by atoms with Crippen LogP contribution in [0.1, 0.15) is 32.4 Å². The van der Waals surface area contributed by atoms with Crippen molar-refractivity contribution >= 4 is 11.6 Å². The van der Waals surface area contributed by atoms with Crippen molar-refractivity contribution in [1.29, 1.82) is 0 Å². The maximum Gasteiger partial charge on any atom is 0.0671 e. The van der Waals surface area contributed by atoms with E-state index in [0.29, 0.717) is 6.04 Å². The molecule has 0 saturated heterocycles. The van der Waals surface area contributed by atoms with Gasteiger partial charge in [-0.2, -0.15) is 0 Å². The van der Waals surface area contributed by atoms with Gasteiger partial charge in [0.05, 0.1) is 6.10 Å². The first kappa shape index (κ1) is 13.5. The zero-order valence-electron chi connectivity index (χ0n) is 10.2. The molecule has 2 nitrogen and oxygen atoms in total. The SMILES string of the molecule is CCOC(C)CNC(C)c1cccc(Cl)c1. The van der Waals surface area contributed by atoms with E-state index < -0.39 is 0 Å². The van der Waals surface area contributed by atoms with Crippen molar-refractivity contribution in [3.8, 4) is 0 Å². The molecule has 0 aromatic heterocycles. The van der Waals surface area contributed by atoms with Gasteiger partial charge in [-0.25, -0.2) is 0 Å². The zero-order chi connectivity index (χ0) is 12.0. The summed E-state index contributed by atoms with van der Waals surface area (Å²) in [5.74, 6) is 0. The summed E-state index contributed by atoms with van der Waals surface area (Å²) in [5.41, 5.74) is 1.20. The van der Waals surface area contributed by atoms with Gasteiger partial charge in [0.15, 0.2) is 0 Å². The van der Waals surface area contributed by atoms with Gasteiger partial charge >= 0.3 is 0 Å². The molecule has 0 radical (unpaired) electrons. The van der Waals surface area contributed by atoms with Gasteiger partial charge in [0.2, 0.25) is 0 Å². The van der Waals surface area contributed by atoms with Gasteiger partial charge in [-0.1, -0.05) is 23.7 Å². The lowest BCUT2D eigenvalue weighted by molar-refractivity contribution is 0.0743. The molecule has 0 heterocycles. The maximum atomic E-state index is 5.95. The van der Waals surface area contributed by atoms with E-state index in [9.17, 15) is 0 Å². The normalized spacial score (nSPS) is 14.8. The molecule has 0 bridgehead atoms. The third-order valence-electron chi connectivity index (χ3n) is 2.51. The van der Waals surface area contributed by atoms with Gasteiger partial charge < -0.3 is 10.1 Å². The summed E-state index contributed by atoms with van der Waals surface area (Å²) >= 11 is 5.95. The number of hydrogen-bond donors (Lipinski definition) is 1. The minimum absolute atomic E-state index is 0.242. The zero-order valence-corrected chi connectivity index (χ0v) is 10.9. The minimum Gasteiger partial charge on any atom is -0.377 e.